The molecule has 0 bridgehead atoms. The minimum atomic E-state index is -1.02. The van der Waals surface area contributed by atoms with E-state index in [1.54, 1.807) is 25.4 Å². The van der Waals surface area contributed by atoms with E-state index >= 15 is 0 Å². The van der Waals surface area contributed by atoms with Crippen LogP contribution in [0.2, 0.25) is 0 Å². The Morgan fingerprint density at radius 3 is 2.69 bits per heavy atom. The smallest absolute Gasteiger partial charge is 0.275 e. The molecule has 0 aliphatic rings. The summed E-state index contributed by atoms with van der Waals surface area (Å²) in [7, 11) is 1.61. The summed E-state index contributed by atoms with van der Waals surface area (Å²) in [5.74, 6) is -0.494. The van der Waals surface area contributed by atoms with Crippen LogP contribution >= 0.6 is 12.6 Å². The van der Waals surface area contributed by atoms with Crippen molar-refractivity contribution in [3.8, 4) is 5.88 Å². The van der Waals surface area contributed by atoms with E-state index in [1.807, 2.05) is 13.8 Å². The summed E-state index contributed by atoms with van der Waals surface area (Å²) in [6, 6.07) is 3.36. The van der Waals surface area contributed by atoms with Crippen LogP contribution in [0.5, 0.6) is 5.88 Å². The van der Waals surface area contributed by atoms with Crippen molar-refractivity contribution in [1.29, 1.82) is 0 Å². The van der Waals surface area contributed by atoms with Crippen molar-refractivity contribution < 1.29 is 18.7 Å². The van der Waals surface area contributed by atoms with Crippen LogP contribution in [0.1, 0.15) is 36.5 Å². The van der Waals surface area contributed by atoms with Crippen molar-refractivity contribution >= 4 is 24.2 Å². The lowest BCUT2D eigenvalue weighted by molar-refractivity contribution is 0.0166. The third-order valence-electron chi connectivity index (χ3n) is 4.36. The predicted molar refractivity (Wildman–Crippen MR) is 109 cm³/mol. The highest BCUT2D eigenvalue weighted by Crippen LogP contribution is 2.29. The van der Waals surface area contributed by atoms with Gasteiger partial charge in [-0.25, -0.2) is 14.4 Å². The molecule has 0 fully saturated rings. The van der Waals surface area contributed by atoms with Crippen LogP contribution in [-0.2, 0) is 10.3 Å². The molecule has 0 saturated heterocycles. The van der Waals surface area contributed by atoms with Crippen molar-refractivity contribution in [3.05, 3.63) is 42.1 Å². The number of rotatable bonds is 10. The van der Waals surface area contributed by atoms with E-state index in [1.165, 1.54) is 12.4 Å². The number of nitrogens with two attached hydrogens (primary N) is 1. The Balaban J connectivity index is 2.25. The number of aromatic nitrogens is 3. The molecule has 158 valence electrons. The van der Waals surface area contributed by atoms with E-state index in [-0.39, 0.29) is 17.7 Å². The molecule has 0 aliphatic carbocycles. The SMILES string of the molecule is CCC(OC)[C@](C)(NC(N)S)c1cc(NC(=O)c2cnc(OCF)cn2)ccn1. The van der Waals surface area contributed by atoms with Gasteiger partial charge in [-0.15, -0.1) is 12.6 Å². The zero-order valence-electron chi connectivity index (χ0n) is 16.4. The number of carbonyl (C=O) groups is 1. The lowest BCUT2D eigenvalue weighted by Crippen LogP contribution is -2.55. The van der Waals surface area contributed by atoms with Gasteiger partial charge in [-0.1, -0.05) is 6.92 Å². The molecule has 2 heterocycles. The third kappa shape index (κ3) is 5.82. The Hall–Kier alpha value is -2.34. The number of pyridine rings is 1. The van der Waals surface area contributed by atoms with Crippen molar-refractivity contribution in [2.45, 2.75) is 37.4 Å². The fourth-order valence-corrected chi connectivity index (χ4v) is 3.27. The fourth-order valence-electron chi connectivity index (χ4n) is 3.00. The molecule has 0 aliphatic heterocycles. The Kier molecular flexibility index (Phi) is 8.26. The van der Waals surface area contributed by atoms with Gasteiger partial charge in [0, 0.05) is 19.0 Å². The van der Waals surface area contributed by atoms with Gasteiger partial charge >= 0.3 is 0 Å². The minimum absolute atomic E-state index is 0.00893. The van der Waals surface area contributed by atoms with Crippen molar-refractivity contribution in [2.75, 3.05) is 19.3 Å². The minimum Gasteiger partial charge on any atom is -0.445 e. The molecule has 2 aromatic rings. The second kappa shape index (κ2) is 10.4. The maximum absolute atomic E-state index is 12.4. The molecule has 11 heteroatoms. The van der Waals surface area contributed by atoms with Crippen LogP contribution in [-0.4, -0.2) is 46.4 Å². The van der Waals surface area contributed by atoms with Crippen LogP contribution < -0.4 is 21.1 Å². The maximum atomic E-state index is 12.4. The maximum Gasteiger partial charge on any atom is 0.275 e. The number of thiol groups is 1. The zero-order chi connectivity index (χ0) is 21.4. The standard InChI is InChI=1S/C18H25FN6O3S/c1-4-14(27-3)18(2,25-17(20)29)13-7-11(5-6-21-13)24-16(26)12-8-23-15(9-22-12)28-10-19/h5-9,14,17,25,29H,4,10,20H2,1-3H3,(H,21,24,26)/t14?,17?,18-/m1/s1. The molecule has 0 radical (unpaired) electrons. The van der Waals surface area contributed by atoms with Crippen molar-refractivity contribution in [1.82, 2.24) is 20.3 Å². The first-order chi connectivity index (χ1) is 13.8. The summed E-state index contributed by atoms with van der Waals surface area (Å²) in [6.45, 7) is 2.87. The van der Waals surface area contributed by atoms with Crippen molar-refractivity contribution in [2.24, 2.45) is 5.73 Å². The molecule has 3 atom stereocenters. The van der Waals surface area contributed by atoms with E-state index in [9.17, 15) is 9.18 Å². The van der Waals surface area contributed by atoms with Gasteiger partial charge < -0.3 is 20.5 Å². The number of methoxy groups -OCH3 is 1. The quantitative estimate of drug-likeness (QED) is 0.336. The van der Waals surface area contributed by atoms with E-state index < -0.39 is 23.8 Å². The molecule has 1 amide bonds. The van der Waals surface area contributed by atoms with Gasteiger partial charge in [0.15, 0.2) is 0 Å². The average Bonchev–Trinajstić information content (AvgIpc) is 2.69. The number of anilines is 1. The summed E-state index contributed by atoms with van der Waals surface area (Å²) in [4.78, 5) is 24.6. The predicted octanol–water partition coefficient (Wildman–Crippen LogP) is 1.83. The van der Waals surface area contributed by atoms with E-state index in [4.69, 9.17) is 10.5 Å². The molecule has 2 aromatic heterocycles. The number of carbonyl (C=O) groups excluding carboxylic acids is 1. The fraction of sp³-hybridized carbons (Fsp3) is 0.444. The molecule has 0 spiro atoms. The van der Waals surface area contributed by atoms with Gasteiger partial charge in [-0.2, -0.15) is 0 Å². The first-order valence-electron chi connectivity index (χ1n) is 8.86. The number of amides is 1. The van der Waals surface area contributed by atoms with Gasteiger partial charge in [0.2, 0.25) is 12.7 Å². The second-order valence-electron chi connectivity index (χ2n) is 6.30. The van der Waals surface area contributed by atoms with E-state index in [2.05, 4.69) is 43.0 Å². The molecule has 0 aromatic carbocycles. The topological polar surface area (TPSA) is 124 Å². The van der Waals surface area contributed by atoms with Crippen LogP contribution in [0.15, 0.2) is 30.7 Å². The van der Waals surface area contributed by atoms with Crippen molar-refractivity contribution in [3.63, 3.8) is 0 Å². The average molecular weight is 425 g/mol. The van der Waals surface area contributed by atoms with Crippen LogP contribution in [0.4, 0.5) is 10.1 Å². The number of halogens is 1. The Morgan fingerprint density at radius 2 is 2.14 bits per heavy atom. The summed E-state index contributed by atoms with van der Waals surface area (Å²) >= 11 is 4.23. The first-order valence-corrected chi connectivity index (χ1v) is 9.38. The number of hydrogen-bond donors (Lipinski definition) is 4. The van der Waals surface area contributed by atoms with Gasteiger partial charge in [0.25, 0.3) is 5.91 Å². The molecule has 9 nitrogen and oxygen atoms in total. The molecule has 0 saturated carbocycles. The Labute approximate surface area is 174 Å². The second-order valence-corrected chi connectivity index (χ2v) is 6.86. The molecular weight excluding hydrogens is 399 g/mol. The number of nitrogens with one attached hydrogen (secondary N) is 2. The molecule has 2 unspecified atom stereocenters. The summed E-state index contributed by atoms with van der Waals surface area (Å²) in [6.07, 6.45) is 4.40. The van der Waals surface area contributed by atoms with Crippen LogP contribution in [0.3, 0.4) is 0 Å². The lowest BCUT2D eigenvalue weighted by Gasteiger charge is -2.38. The number of alkyl halides is 1. The molecule has 29 heavy (non-hydrogen) atoms. The Morgan fingerprint density at radius 1 is 1.38 bits per heavy atom. The zero-order valence-corrected chi connectivity index (χ0v) is 17.3. The monoisotopic (exact) mass is 424 g/mol. The Bertz CT molecular complexity index is 806. The van der Waals surface area contributed by atoms with E-state index in [0.29, 0.717) is 17.8 Å². The summed E-state index contributed by atoms with van der Waals surface area (Å²) < 4.78 is 22.3. The lowest BCUT2D eigenvalue weighted by atomic mass is 9.88. The van der Waals surface area contributed by atoms with E-state index in [0.717, 1.165) is 0 Å². The number of ether oxygens (including phenoxy) is 2. The van der Waals surface area contributed by atoms with Crippen LogP contribution in [0.25, 0.3) is 0 Å². The first kappa shape index (κ1) is 22.9. The van der Waals surface area contributed by atoms with Gasteiger partial charge in [0.05, 0.1) is 29.7 Å². The summed E-state index contributed by atoms with van der Waals surface area (Å²) in [5.41, 5.74) is 5.65. The highest BCUT2D eigenvalue weighted by molar-refractivity contribution is 7.80. The third-order valence-corrected chi connectivity index (χ3v) is 4.49. The van der Waals surface area contributed by atoms with Gasteiger partial charge in [-0.05, 0) is 25.5 Å². The molecule has 4 N–H and O–H groups in total. The normalized spacial score (nSPS) is 15.2. The number of hydrogen-bond acceptors (Lipinski definition) is 9. The number of nitrogens with zero attached hydrogens (tertiary/aromatic N) is 3. The molecule has 2 rings (SSSR count). The van der Waals surface area contributed by atoms with Gasteiger partial charge in [0.1, 0.15) is 11.2 Å². The highest BCUT2D eigenvalue weighted by Gasteiger charge is 2.37. The molecular formula is C18H25FN6O3S. The largest absolute Gasteiger partial charge is 0.445 e. The van der Waals surface area contributed by atoms with Gasteiger partial charge in [-0.3, -0.25) is 15.1 Å². The van der Waals surface area contributed by atoms with Crippen LogP contribution in [0, 0.1) is 0 Å². The highest BCUT2D eigenvalue weighted by atomic mass is 32.1. The summed E-state index contributed by atoms with van der Waals surface area (Å²) in [5, 5.41) is 5.91.